The molecule has 1 atom stereocenters. The third-order valence-corrected chi connectivity index (χ3v) is 3.35. The normalized spacial score (nSPS) is 22.2. The summed E-state index contributed by atoms with van der Waals surface area (Å²) in [6, 6.07) is 4.91. The fourth-order valence-electron chi connectivity index (χ4n) is 2.47. The van der Waals surface area contributed by atoms with Crippen LogP contribution in [-0.2, 0) is 0 Å². The molecule has 2 rings (SSSR count). The number of aromatic hydroxyl groups is 2. The first-order valence-electron chi connectivity index (χ1n) is 5.94. The molecule has 0 aromatic heterocycles. The second kappa shape index (κ2) is 4.74. The molecule has 3 heteroatoms. The van der Waals surface area contributed by atoms with Crippen molar-refractivity contribution in [2.24, 2.45) is 0 Å². The Labute approximate surface area is 96.3 Å². The van der Waals surface area contributed by atoms with Gasteiger partial charge in [0.05, 0.1) is 0 Å². The van der Waals surface area contributed by atoms with E-state index in [0.29, 0.717) is 5.92 Å². The van der Waals surface area contributed by atoms with Gasteiger partial charge in [0, 0.05) is 12.6 Å². The third kappa shape index (κ3) is 2.47. The molecule has 0 aliphatic carbocycles. The molecular formula is C13H19NO2. The highest BCUT2D eigenvalue weighted by Crippen LogP contribution is 2.31. The number of benzene rings is 1. The molecule has 1 aliphatic rings. The molecule has 16 heavy (non-hydrogen) atoms. The Morgan fingerprint density at radius 2 is 1.94 bits per heavy atom. The molecule has 1 unspecified atom stereocenters. The number of piperidine rings is 1. The summed E-state index contributed by atoms with van der Waals surface area (Å²) in [5.74, 6) is 0.749. The van der Waals surface area contributed by atoms with E-state index in [-0.39, 0.29) is 11.5 Å². The number of likely N-dealkylation sites (tertiary alicyclic amines) is 1. The quantitative estimate of drug-likeness (QED) is 0.805. The molecule has 0 saturated carbocycles. The van der Waals surface area contributed by atoms with Gasteiger partial charge in [-0.2, -0.15) is 0 Å². The number of hydrogen-bond acceptors (Lipinski definition) is 3. The SMILES string of the molecule is CCN1CCCC(c2cc(O)cc(O)c2)C1. The molecule has 1 aliphatic heterocycles. The molecular weight excluding hydrogens is 202 g/mol. The highest BCUT2D eigenvalue weighted by molar-refractivity contribution is 5.38. The van der Waals surface area contributed by atoms with Crippen molar-refractivity contribution in [3.63, 3.8) is 0 Å². The van der Waals surface area contributed by atoms with Gasteiger partial charge in [-0.25, -0.2) is 0 Å². The minimum atomic E-state index is 0.156. The van der Waals surface area contributed by atoms with Crippen molar-refractivity contribution in [1.29, 1.82) is 0 Å². The summed E-state index contributed by atoms with van der Waals surface area (Å²) >= 11 is 0. The van der Waals surface area contributed by atoms with Gasteiger partial charge < -0.3 is 15.1 Å². The zero-order valence-corrected chi connectivity index (χ0v) is 9.69. The highest BCUT2D eigenvalue weighted by atomic mass is 16.3. The summed E-state index contributed by atoms with van der Waals surface area (Å²) in [7, 11) is 0. The highest BCUT2D eigenvalue weighted by Gasteiger charge is 2.20. The van der Waals surface area contributed by atoms with Crippen molar-refractivity contribution >= 4 is 0 Å². The number of nitrogens with zero attached hydrogens (tertiary/aromatic N) is 1. The van der Waals surface area contributed by atoms with Gasteiger partial charge >= 0.3 is 0 Å². The van der Waals surface area contributed by atoms with Crippen LogP contribution in [0.3, 0.4) is 0 Å². The van der Waals surface area contributed by atoms with Gasteiger partial charge in [-0.05, 0) is 49.5 Å². The monoisotopic (exact) mass is 221 g/mol. The zero-order valence-electron chi connectivity index (χ0n) is 9.69. The van der Waals surface area contributed by atoms with Crippen molar-refractivity contribution in [3.8, 4) is 11.5 Å². The molecule has 1 fully saturated rings. The van der Waals surface area contributed by atoms with Crippen LogP contribution in [-0.4, -0.2) is 34.7 Å². The first kappa shape index (κ1) is 11.3. The first-order valence-corrected chi connectivity index (χ1v) is 5.94. The molecule has 0 amide bonds. The van der Waals surface area contributed by atoms with Crippen molar-refractivity contribution in [1.82, 2.24) is 4.90 Å². The number of hydrogen-bond donors (Lipinski definition) is 2. The van der Waals surface area contributed by atoms with E-state index in [2.05, 4.69) is 11.8 Å². The maximum atomic E-state index is 9.47. The lowest BCUT2D eigenvalue weighted by molar-refractivity contribution is 0.217. The lowest BCUT2D eigenvalue weighted by Crippen LogP contribution is -2.34. The maximum Gasteiger partial charge on any atom is 0.119 e. The van der Waals surface area contributed by atoms with Crippen LogP contribution in [0.2, 0.25) is 0 Å². The smallest absolute Gasteiger partial charge is 0.119 e. The van der Waals surface area contributed by atoms with Crippen LogP contribution in [0.25, 0.3) is 0 Å². The topological polar surface area (TPSA) is 43.7 Å². The second-order valence-electron chi connectivity index (χ2n) is 4.52. The van der Waals surface area contributed by atoms with Crippen LogP contribution in [0.1, 0.15) is 31.2 Å². The molecule has 0 bridgehead atoms. The van der Waals surface area contributed by atoms with E-state index in [4.69, 9.17) is 0 Å². The van der Waals surface area contributed by atoms with Crippen molar-refractivity contribution in [2.45, 2.75) is 25.7 Å². The second-order valence-corrected chi connectivity index (χ2v) is 4.52. The molecule has 0 radical (unpaired) electrons. The van der Waals surface area contributed by atoms with Gasteiger partial charge in [0.1, 0.15) is 11.5 Å². The number of likely N-dealkylation sites (N-methyl/N-ethyl adjacent to an activating group) is 1. The summed E-state index contributed by atoms with van der Waals surface area (Å²) in [5.41, 5.74) is 1.05. The number of phenols is 2. The fourth-order valence-corrected chi connectivity index (χ4v) is 2.47. The van der Waals surface area contributed by atoms with Crippen LogP contribution < -0.4 is 0 Å². The molecule has 0 spiro atoms. The van der Waals surface area contributed by atoms with E-state index >= 15 is 0 Å². The van der Waals surface area contributed by atoms with E-state index < -0.39 is 0 Å². The summed E-state index contributed by atoms with van der Waals surface area (Å²) in [6.45, 7) is 5.43. The van der Waals surface area contributed by atoms with Crippen LogP contribution >= 0.6 is 0 Å². The number of phenolic OH excluding ortho intramolecular Hbond substituents is 2. The van der Waals surface area contributed by atoms with Gasteiger partial charge in [-0.1, -0.05) is 6.92 Å². The van der Waals surface area contributed by atoms with Gasteiger partial charge in [-0.3, -0.25) is 0 Å². The Hall–Kier alpha value is -1.22. The molecule has 2 N–H and O–H groups in total. The Kier molecular flexibility index (Phi) is 3.34. The predicted molar refractivity (Wildman–Crippen MR) is 63.9 cm³/mol. The van der Waals surface area contributed by atoms with Gasteiger partial charge in [0.25, 0.3) is 0 Å². The summed E-state index contributed by atoms with van der Waals surface area (Å²) in [5, 5.41) is 18.9. The maximum absolute atomic E-state index is 9.47. The fraction of sp³-hybridized carbons (Fsp3) is 0.538. The van der Waals surface area contributed by atoms with Crippen LogP contribution in [0, 0.1) is 0 Å². The van der Waals surface area contributed by atoms with Crippen molar-refractivity contribution in [2.75, 3.05) is 19.6 Å². The lowest BCUT2D eigenvalue weighted by atomic mass is 9.90. The Balaban J connectivity index is 2.16. The summed E-state index contributed by atoms with van der Waals surface area (Å²) < 4.78 is 0. The van der Waals surface area contributed by atoms with Gasteiger partial charge in [0.15, 0.2) is 0 Å². The van der Waals surface area contributed by atoms with Crippen molar-refractivity contribution in [3.05, 3.63) is 23.8 Å². The summed E-state index contributed by atoms with van der Waals surface area (Å²) in [6.07, 6.45) is 2.33. The van der Waals surface area contributed by atoms with Gasteiger partial charge in [-0.15, -0.1) is 0 Å². The van der Waals surface area contributed by atoms with Crippen molar-refractivity contribution < 1.29 is 10.2 Å². The molecule has 1 aromatic carbocycles. The first-order chi connectivity index (χ1) is 7.69. The molecule has 3 nitrogen and oxygen atoms in total. The van der Waals surface area contributed by atoms with Crippen LogP contribution in [0.5, 0.6) is 11.5 Å². The molecule has 1 aromatic rings. The Morgan fingerprint density at radius 3 is 2.56 bits per heavy atom. The standard InChI is InChI=1S/C13H19NO2/c1-2-14-5-3-4-10(9-14)11-6-12(15)8-13(16)7-11/h6-8,10,15-16H,2-5,9H2,1H3. The summed E-state index contributed by atoms with van der Waals surface area (Å²) in [4.78, 5) is 2.41. The predicted octanol–water partition coefficient (Wildman–Crippen LogP) is 2.30. The van der Waals surface area contributed by atoms with E-state index in [1.165, 1.54) is 12.5 Å². The largest absolute Gasteiger partial charge is 0.508 e. The number of rotatable bonds is 2. The van der Waals surface area contributed by atoms with E-state index in [9.17, 15) is 10.2 Å². The van der Waals surface area contributed by atoms with Crippen LogP contribution in [0.4, 0.5) is 0 Å². The molecule has 88 valence electrons. The molecule has 1 saturated heterocycles. The Morgan fingerprint density at radius 1 is 1.25 bits per heavy atom. The lowest BCUT2D eigenvalue weighted by Gasteiger charge is -2.32. The van der Waals surface area contributed by atoms with E-state index in [1.54, 1.807) is 12.1 Å². The van der Waals surface area contributed by atoms with Crippen LogP contribution in [0.15, 0.2) is 18.2 Å². The minimum Gasteiger partial charge on any atom is -0.508 e. The van der Waals surface area contributed by atoms with Gasteiger partial charge in [0.2, 0.25) is 0 Å². The minimum absolute atomic E-state index is 0.156. The zero-order chi connectivity index (χ0) is 11.5. The molecule has 1 heterocycles. The average Bonchev–Trinajstić information content (AvgIpc) is 2.28. The average molecular weight is 221 g/mol. The third-order valence-electron chi connectivity index (χ3n) is 3.35. The Bertz CT molecular complexity index is 345. The van der Waals surface area contributed by atoms with E-state index in [1.807, 2.05) is 0 Å². The van der Waals surface area contributed by atoms with E-state index in [0.717, 1.165) is 31.6 Å².